The molecule has 0 radical (unpaired) electrons. The van der Waals surface area contributed by atoms with Gasteiger partial charge in [0.2, 0.25) is 7.21 Å². The van der Waals surface area contributed by atoms with E-state index in [4.69, 9.17) is 1.43 Å². The van der Waals surface area contributed by atoms with E-state index in [1.165, 1.54) is 6.92 Å². The predicted octanol–water partition coefficient (Wildman–Crippen LogP) is 0.422. The van der Waals surface area contributed by atoms with Gasteiger partial charge in [0.25, 0.3) is 0 Å². The second kappa shape index (κ2) is 11.3. The maximum Gasteiger partial charge on any atom is 0.211 e. The zero-order valence-corrected chi connectivity index (χ0v) is 6.83. The third kappa shape index (κ3) is 26.0. The summed E-state index contributed by atoms with van der Waals surface area (Å²) in [5.74, 6) is 4.33. The molecule has 0 saturated carbocycles. The Morgan fingerprint density at radius 2 is 2.50 bits per heavy atom. The molecule has 0 atom stereocenters. The van der Waals surface area contributed by atoms with Crippen molar-refractivity contribution in [2.45, 2.75) is 13.7 Å². The van der Waals surface area contributed by atoms with Gasteiger partial charge >= 0.3 is 25.0 Å². The quantitative estimate of drug-likeness (QED) is 0.341. The van der Waals surface area contributed by atoms with Crippen molar-refractivity contribution in [2.24, 2.45) is 0 Å². The van der Waals surface area contributed by atoms with Gasteiger partial charge in [-0.25, -0.2) is 0 Å². The second-order valence-electron chi connectivity index (χ2n) is 1.24. The summed E-state index contributed by atoms with van der Waals surface area (Å²) in [4.78, 5) is 10.0. The van der Waals surface area contributed by atoms with Crippen LogP contribution in [-0.2, 0) is 4.79 Å². The molecule has 0 spiro atoms. The van der Waals surface area contributed by atoms with E-state index in [-0.39, 0.29) is 12.4 Å². The van der Waals surface area contributed by atoms with E-state index in [2.05, 4.69) is 29.0 Å². The van der Waals surface area contributed by atoms with Gasteiger partial charge in [-0.15, -0.1) is 0 Å². The number of aliphatic hydroxyl groups is 1. The van der Waals surface area contributed by atoms with Gasteiger partial charge in [0.05, 0.1) is 0 Å². The summed E-state index contributed by atoms with van der Waals surface area (Å²) in [7, 11) is 0. The van der Waals surface area contributed by atoms with Crippen molar-refractivity contribution in [2.75, 3.05) is 6.61 Å². The maximum absolute atomic E-state index is 10.0. The molecular formula is C6H9BO2S. The third-order valence-corrected chi connectivity index (χ3v) is 0.337. The molecule has 0 fully saturated rings. The first-order chi connectivity index (χ1) is 5.18. The first kappa shape index (κ1) is 9.47. The Hall–Kier alpha value is -0.525. The molecule has 0 aliphatic rings. The van der Waals surface area contributed by atoms with Crippen molar-refractivity contribution in [1.82, 2.24) is 0 Å². The minimum absolute atomic E-state index is 0.000417. The van der Waals surface area contributed by atoms with E-state index in [0.717, 1.165) is 0 Å². The Kier molecular flexibility index (Phi) is 10.7. The van der Waals surface area contributed by atoms with Crippen LogP contribution in [0, 0.1) is 11.8 Å². The normalized spacial score (nSPS) is 6.80. The Bertz CT molecular complexity index is 173. The molecule has 2 nitrogen and oxygen atoms in total. The van der Waals surface area contributed by atoms with Crippen LogP contribution in [0.4, 0.5) is 0 Å². The number of hydrogen-bond acceptors (Lipinski definition) is 3. The van der Waals surface area contributed by atoms with Crippen molar-refractivity contribution < 1.29 is 9.90 Å². The molecule has 0 aromatic carbocycles. The van der Waals surface area contributed by atoms with Gasteiger partial charge in [-0.05, 0) is 5.92 Å². The first-order valence-electron chi connectivity index (χ1n) is 3.07. The van der Waals surface area contributed by atoms with Gasteiger partial charge in [-0.3, -0.25) is 4.79 Å². The molecular weight excluding hydrogens is 147 g/mol. The third-order valence-electron chi connectivity index (χ3n) is 0.337. The summed E-state index contributed by atoms with van der Waals surface area (Å²) in [6.07, 6.45) is 1.58. The van der Waals surface area contributed by atoms with Crippen LogP contribution >= 0.6 is 12.1 Å². The molecule has 0 aromatic heterocycles. The minimum Gasteiger partial charge on any atom is -0.384 e. The minimum atomic E-state index is -0.206. The predicted molar refractivity (Wildman–Crippen MR) is 44.8 cm³/mol. The molecule has 0 aromatic rings. The zero-order chi connectivity index (χ0) is 9.11. The SMILES string of the molecule is CB=S.[3H]OCC#CC(C)=O. The smallest absolute Gasteiger partial charge is 0.211 e. The summed E-state index contributed by atoms with van der Waals surface area (Å²) in [6, 6.07) is 0. The summed E-state index contributed by atoms with van der Waals surface area (Å²) >= 11 is 4.27. The summed E-state index contributed by atoms with van der Waals surface area (Å²) in [6.45, 7) is 3.17. The fraction of sp³-hybridized carbons (Fsp3) is 0.500. The number of Topliss-reactive ketones (excluding diaryl/α,β-unsaturated/α-hetero) is 1. The van der Waals surface area contributed by atoms with Crippen LogP contribution in [0.2, 0.25) is 6.82 Å². The fourth-order valence-corrected chi connectivity index (χ4v) is 0.161. The summed E-state index contributed by atoms with van der Waals surface area (Å²) in [5, 5.41) is 3.82. The summed E-state index contributed by atoms with van der Waals surface area (Å²) in [5.41, 5.74) is 0. The van der Waals surface area contributed by atoms with Crippen molar-refractivity contribution in [3.63, 3.8) is 0 Å². The van der Waals surface area contributed by atoms with Crippen molar-refractivity contribution >= 4 is 24.0 Å². The number of ketones is 1. The largest absolute Gasteiger partial charge is 0.384 e. The van der Waals surface area contributed by atoms with E-state index in [9.17, 15) is 4.79 Å². The van der Waals surface area contributed by atoms with Gasteiger partial charge in [0.1, 0.15) is 6.61 Å². The molecule has 0 bridgehead atoms. The molecule has 0 amide bonds. The van der Waals surface area contributed by atoms with Crippen LogP contribution in [0.15, 0.2) is 0 Å². The van der Waals surface area contributed by atoms with Gasteiger partial charge in [0.15, 0.2) is 0 Å². The number of carbonyl (C=O) groups is 1. The molecule has 0 heterocycles. The van der Waals surface area contributed by atoms with E-state index in [1.807, 2.05) is 6.82 Å². The maximum atomic E-state index is 10.0. The average Bonchev–Trinajstić information content (AvgIpc) is 1.89. The van der Waals surface area contributed by atoms with Crippen LogP contribution in [0.5, 0.6) is 0 Å². The zero-order valence-electron chi connectivity index (χ0n) is 7.01. The van der Waals surface area contributed by atoms with Crippen LogP contribution in [0.3, 0.4) is 0 Å². The molecule has 0 aliphatic carbocycles. The van der Waals surface area contributed by atoms with Crippen LogP contribution in [0.25, 0.3) is 0 Å². The van der Waals surface area contributed by atoms with Crippen LogP contribution < -0.4 is 0 Å². The fourth-order valence-electron chi connectivity index (χ4n) is 0.161. The monoisotopic (exact) mass is 158 g/mol. The van der Waals surface area contributed by atoms with Crippen molar-refractivity contribution in [3.8, 4) is 11.8 Å². The molecule has 1 N–H and O–H groups in total. The van der Waals surface area contributed by atoms with Crippen LogP contribution in [-0.4, -0.2) is 25.1 Å². The number of aliphatic hydroxyl groups excluding tert-OH is 1. The number of carbonyl (C=O) groups excluding carboxylic acids is 1. The molecule has 0 rings (SSSR count). The number of rotatable bonds is 1. The Morgan fingerprint density at radius 1 is 2.00 bits per heavy atom. The Labute approximate surface area is 68.2 Å². The standard InChI is InChI=1S/C5H6O2.CH3BS/c1-5(7)3-2-4-6;1-2-3/h6H,4H2,1H3;1H3/i6T;. The van der Waals surface area contributed by atoms with Crippen molar-refractivity contribution in [1.29, 1.82) is 1.43 Å². The van der Waals surface area contributed by atoms with Gasteiger partial charge in [-0.1, -0.05) is 5.92 Å². The average molecular weight is 158 g/mol. The van der Waals surface area contributed by atoms with Crippen molar-refractivity contribution in [3.05, 3.63) is 0 Å². The van der Waals surface area contributed by atoms with Gasteiger partial charge in [0, 0.05) is 6.92 Å². The topological polar surface area (TPSA) is 37.3 Å². The molecule has 0 aliphatic heterocycles. The van der Waals surface area contributed by atoms with E-state index < -0.39 is 0 Å². The Morgan fingerprint density at radius 3 is 2.80 bits per heavy atom. The molecule has 4 heteroatoms. The second-order valence-corrected chi connectivity index (χ2v) is 1.71. The van der Waals surface area contributed by atoms with Gasteiger partial charge < -0.3 is 5.11 Å². The number of hydrogen-bond donors (Lipinski definition) is 1. The van der Waals surface area contributed by atoms with E-state index >= 15 is 0 Å². The van der Waals surface area contributed by atoms with E-state index in [1.54, 1.807) is 6.15 Å². The molecule has 10 heavy (non-hydrogen) atoms. The first-order valence-corrected chi connectivity index (χ1v) is 3.13. The van der Waals surface area contributed by atoms with E-state index in [0.29, 0.717) is 0 Å². The van der Waals surface area contributed by atoms with Crippen LogP contribution in [0.1, 0.15) is 6.92 Å². The molecule has 54 valence electrons. The molecule has 0 unspecified atom stereocenters. The molecule has 0 saturated heterocycles. The summed E-state index contributed by atoms with van der Waals surface area (Å²) < 4.78 is 6.13. The Balaban J connectivity index is 0. The van der Waals surface area contributed by atoms with Gasteiger partial charge in [-0.2, -0.15) is 0 Å².